The minimum Gasteiger partial charge on any atom is -0.492 e. The first-order valence-corrected chi connectivity index (χ1v) is 9.25. The van der Waals surface area contributed by atoms with Crippen molar-refractivity contribution in [3.05, 3.63) is 29.3 Å². The van der Waals surface area contributed by atoms with E-state index in [2.05, 4.69) is 15.6 Å². The molecule has 0 spiro atoms. The predicted molar refractivity (Wildman–Crippen MR) is 117 cm³/mol. The number of likely N-dealkylation sites (tertiary alicyclic amines) is 1. The summed E-state index contributed by atoms with van der Waals surface area (Å²) < 4.78 is 5.65. The Morgan fingerprint density at radius 2 is 2.08 bits per heavy atom. The number of carbonyl (C=O) groups excluding carboxylic acids is 1. The van der Waals surface area contributed by atoms with Gasteiger partial charge in [-0.1, -0.05) is 11.6 Å². The van der Waals surface area contributed by atoms with Crippen LogP contribution in [0.15, 0.2) is 29.3 Å². The summed E-state index contributed by atoms with van der Waals surface area (Å²) in [6.07, 6.45) is 2.56. The highest BCUT2D eigenvalue weighted by Crippen LogP contribution is 2.15. The van der Waals surface area contributed by atoms with Crippen LogP contribution < -0.4 is 15.4 Å². The van der Waals surface area contributed by atoms with Gasteiger partial charge >= 0.3 is 0 Å². The molecule has 146 valence electrons. The first kappa shape index (κ1) is 22.8. The third kappa shape index (κ3) is 8.44. The van der Waals surface area contributed by atoms with Crippen molar-refractivity contribution in [3.63, 3.8) is 0 Å². The second-order valence-corrected chi connectivity index (χ2v) is 6.26. The van der Waals surface area contributed by atoms with Gasteiger partial charge in [-0.25, -0.2) is 0 Å². The first-order valence-electron chi connectivity index (χ1n) is 8.87. The van der Waals surface area contributed by atoms with Crippen molar-refractivity contribution in [1.82, 2.24) is 15.5 Å². The lowest BCUT2D eigenvalue weighted by Gasteiger charge is -2.15. The number of hydrogen-bond acceptors (Lipinski definition) is 3. The molecule has 26 heavy (non-hydrogen) atoms. The van der Waals surface area contributed by atoms with Gasteiger partial charge in [0.1, 0.15) is 12.4 Å². The maximum absolute atomic E-state index is 11.6. The summed E-state index contributed by atoms with van der Waals surface area (Å²) in [5.41, 5.74) is 0. The van der Waals surface area contributed by atoms with Crippen LogP contribution in [0, 0.1) is 0 Å². The molecule has 8 heteroatoms. The molecule has 2 rings (SSSR count). The predicted octanol–water partition coefficient (Wildman–Crippen LogP) is 2.90. The average molecular weight is 495 g/mol. The normalized spacial score (nSPS) is 14.2. The Kier molecular flexibility index (Phi) is 11.4. The molecule has 6 nitrogen and oxygen atoms in total. The lowest BCUT2D eigenvalue weighted by atomic mass is 10.3. The van der Waals surface area contributed by atoms with E-state index in [0.29, 0.717) is 31.1 Å². The zero-order chi connectivity index (χ0) is 17.9. The summed E-state index contributed by atoms with van der Waals surface area (Å²) >= 11 is 5.85. The molecule has 1 heterocycles. The Labute approximate surface area is 177 Å². The Morgan fingerprint density at radius 1 is 1.31 bits per heavy atom. The second kappa shape index (κ2) is 13.0. The molecule has 1 aliphatic heterocycles. The molecule has 2 N–H and O–H groups in total. The van der Waals surface area contributed by atoms with Crippen LogP contribution in [0.4, 0.5) is 0 Å². The number of nitrogens with one attached hydrogen (secondary N) is 2. The zero-order valence-corrected chi connectivity index (χ0v) is 18.3. The van der Waals surface area contributed by atoms with Crippen molar-refractivity contribution < 1.29 is 9.53 Å². The number of benzene rings is 1. The fourth-order valence-corrected chi connectivity index (χ4v) is 2.73. The molecule has 1 aromatic rings. The Morgan fingerprint density at radius 3 is 2.73 bits per heavy atom. The van der Waals surface area contributed by atoms with Gasteiger partial charge in [-0.2, -0.15) is 0 Å². The third-order valence-electron chi connectivity index (χ3n) is 3.85. The number of nitrogens with zero attached hydrogens (tertiary/aromatic N) is 2. The Balaban J connectivity index is 0.00000338. The van der Waals surface area contributed by atoms with Gasteiger partial charge in [0.15, 0.2) is 5.96 Å². The maximum Gasteiger partial charge on any atom is 0.222 e. The Bertz CT molecular complexity index is 569. The van der Waals surface area contributed by atoms with E-state index in [1.807, 2.05) is 24.0 Å². The van der Waals surface area contributed by atoms with Crippen LogP contribution in [-0.4, -0.2) is 56.1 Å². The molecule has 0 unspecified atom stereocenters. The quantitative estimate of drug-likeness (QED) is 0.240. The van der Waals surface area contributed by atoms with Gasteiger partial charge in [0, 0.05) is 37.6 Å². The van der Waals surface area contributed by atoms with Crippen molar-refractivity contribution in [2.24, 2.45) is 4.99 Å². The molecule has 1 aromatic carbocycles. The molecule has 1 fully saturated rings. The number of halogens is 2. The minimum atomic E-state index is 0. The molecule has 1 aliphatic rings. The topological polar surface area (TPSA) is 66.0 Å². The highest BCUT2D eigenvalue weighted by Gasteiger charge is 2.18. The van der Waals surface area contributed by atoms with Crippen LogP contribution in [0.1, 0.15) is 26.2 Å². The number of guanidine groups is 1. The molecule has 0 aliphatic carbocycles. The van der Waals surface area contributed by atoms with Gasteiger partial charge in [0.05, 0.1) is 6.54 Å². The maximum atomic E-state index is 11.6. The van der Waals surface area contributed by atoms with Gasteiger partial charge in [-0.05, 0) is 44.0 Å². The summed E-state index contributed by atoms with van der Waals surface area (Å²) in [7, 11) is 0. The van der Waals surface area contributed by atoms with Crippen LogP contribution >= 0.6 is 35.6 Å². The highest BCUT2D eigenvalue weighted by atomic mass is 127. The fraction of sp³-hybridized carbons (Fsp3) is 0.556. The molecule has 1 amide bonds. The Hall–Kier alpha value is -1.22. The van der Waals surface area contributed by atoms with E-state index < -0.39 is 0 Å². The van der Waals surface area contributed by atoms with Crippen LogP contribution in [0.5, 0.6) is 5.75 Å². The van der Waals surface area contributed by atoms with Crippen LogP contribution in [0.25, 0.3) is 0 Å². The van der Waals surface area contributed by atoms with E-state index in [-0.39, 0.29) is 29.9 Å². The molecule has 1 saturated heterocycles. The largest absolute Gasteiger partial charge is 0.492 e. The standard InChI is InChI=1S/C18H27ClN4O2.HI/c1-2-20-18(21-10-4-13-23-12-3-5-17(23)24)22-11-14-25-16-8-6-15(19)7-9-16;/h6-9H,2-5,10-14H2,1H3,(H2,20,21,22);1H. The average Bonchev–Trinajstić information content (AvgIpc) is 3.02. The third-order valence-corrected chi connectivity index (χ3v) is 4.10. The smallest absolute Gasteiger partial charge is 0.222 e. The number of ether oxygens (including phenoxy) is 1. The van der Waals surface area contributed by atoms with E-state index in [0.717, 1.165) is 44.2 Å². The molecule has 0 radical (unpaired) electrons. The van der Waals surface area contributed by atoms with Crippen LogP contribution in [0.3, 0.4) is 0 Å². The monoisotopic (exact) mass is 494 g/mol. The zero-order valence-electron chi connectivity index (χ0n) is 15.2. The lowest BCUT2D eigenvalue weighted by molar-refractivity contribution is -0.127. The molecule has 0 atom stereocenters. The summed E-state index contributed by atoms with van der Waals surface area (Å²) in [6, 6.07) is 7.31. The number of amides is 1. The summed E-state index contributed by atoms with van der Waals surface area (Å²) in [5.74, 6) is 1.84. The molecule has 0 aromatic heterocycles. The van der Waals surface area contributed by atoms with Crippen molar-refractivity contribution in [2.75, 3.05) is 39.3 Å². The number of aliphatic imine (C=N–C) groups is 1. The summed E-state index contributed by atoms with van der Waals surface area (Å²) in [5, 5.41) is 7.16. The second-order valence-electron chi connectivity index (χ2n) is 5.83. The van der Waals surface area contributed by atoms with E-state index in [4.69, 9.17) is 16.3 Å². The van der Waals surface area contributed by atoms with Crippen LogP contribution in [-0.2, 0) is 4.79 Å². The fourth-order valence-electron chi connectivity index (χ4n) is 2.60. The van der Waals surface area contributed by atoms with Crippen LogP contribution in [0.2, 0.25) is 5.02 Å². The van der Waals surface area contributed by atoms with Gasteiger partial charge in [0.25, 0.3) is 0 Å². The van der Waals surface area contributed by atoms with Crippen molar-refractivity contribution >= 4 is 47.4 Å². The van der Waals surface area contributed by atoms with E-state index in [9.17, 15) is 4.79 Å². The van der Waals surface area contributed by atoms with Gasteiger partial charge in [-0.15, -0.1) is 24.0 Å². The first-order chi connectivity index (χ1) is 12.2. The summed E-state index contributed by atoms with van der Waals surface area (Å²) in [6.45, 7) is 6.40. The van der Waals surface area contributed by atoms with Gasteiger partial charge in [-0.3, -0.25) is 9.79 Å². The molecular formula is C18H28ClIN4O2. The number of carbonyl (C=O) groups is 1. The van der Waals surface area contributed by atoms with Gasteiger partial charge in [0.2, 0.25) is 5.91 Å². The molecular weight excluding hydrogens is 467 g/mol. The van der Waals surface area contributed by atoms with Gasteiger partial charge < -0.3 is 20.3 Å². The molecule has 0 bridgehead atoms. The minimum absolute atomic E-state index is 0. The summed E-state index contributed by atoms with van der Waals surface area (Å²) in [4.78, 5) is 18.0. The van der Waals surface area contributed by atoms with E-state index in [1.54, 1.807) is 12.1 Å². The van der Waals surface area contributed by atoms with Crippen molar-refractivity contribution in [2.45, 2.75) is 26.2 Å². The number of hydrogen-bond donors (Lipinski definition) is 2. The number of rotatable bonds is 9. The van der Waals surface area contributed by atoms with Crippen molar-refractivity contribution in [1.29, 1.82) is 0 Å². The van der Waals surface area contributed by atoms with E-state index >= 15 is 0 Å². The van der Waals surface area contributed by atoms with E-state index in [1.165, 1.54) is 0 Å². The SMILES string of the molecule is CCNC(=NCCCN1CCCC1=O)NCCOc1ccc(Cl)cc1.I. The molecule has 0 saturated carbocycles. The highest BCUT2D eigenvalue weighted by molar-refractivity contribution is 14.0. The van der Waals surface area contributed by atoms with Crippen molar-refractivity contribution in [3.8, 4) is 5.75 Å². The lowest BCUT2D eigenvalue weighted by Crippen LogP contribution is -2.39.